The van der Waals surface area contributed by atoms with Gasteiger partial charge in [0.2, 0.25) is 0 Å². The standard InChI is InChI=1S/C26H26N2O3/c1-20-12-13-23(17-27-20)31-19-24-18-28(14-15-30-24)26(29)25(22-10-6-3-7-11-22)16-21-8-4-2-5-9-21/h2-13,16-17,24H,14-15,18-19H2,1H3. The molecule has 1 aliphatic rings. The van der Waals surface area contributed by atoms with E-state index in [4.69, 9.17) is 9.47 Å². The average Bonchev–Trinajstić information content (AvgIpc) is 2.83. The zero-order valence-electron chi connectivity index (χ0n) is 17.6. The minimum Gasteiger partial charge on any atom is -0.489 e. The fourth-order valence-corrected chi connectivity index (χ4v) is 3.51. The van der Waals surface area contributed by atoms with Crippen LogP contribution in [0.25, 0.3) is 11.6 Å². The molecule has 2 heterocycles. The number of benzene rings is 2. The van der Waals surface area contributed by atoms with Crippen molar-refractivity contribution in [3.8, 4) is 5.75 Å². The number of hydrogen-bond donors (Lipinski definition) is 0. The summed E-state index contributed by atoms with van der Waals surface area (Å²) in [5, 5.41) is 0. The lowest BCUT2D eigenvalue weighted by molar-refractivity contribution is -0.133. The molecule has 1 aromatic heterocycles. The summed E-state index contributed by atoms with van der Waals surface area (Å²) in [7, 11) is 0. The van der Waals surface area contributed by atoms with Gasteiger partial charge in [-0.2, -0.15) is 0 Å². The van der Waals surface area contributed by atoms with Crippen LogP contribution in [0.3, 0.4) is 0 Å². The SMILES string of the molecule is Cc1ccc(OCC2CN(C(=O)C(=Cc3ccccc3)c3ccccc3)CCO2)cn1. The highest BCUT2D eigenvalue weighted by atomic mass is 16.5. The number of nitrogens with zero attached hydrogens (tertiary/aromatic N) is 2. The normalized spacial score (nSPS) is 16.7. The maximum atomic E-state index is 13.5. The van der Waals surface area contributed by atoms with E-state index in [0.29, 0.717) is 37.6 Å². The Morgan fingerprint density at radius 1 is 1.10 bits per heavy atom. The predicted octanol–water partition coefficient (Wildman–Crippen LogP) is 4.24. The van der Waals surface area contributed by atoms with Gasteiger partial charge in [-0.25, -0.2) is 0 Å². The Kier molecular flexibility index (Phi) is 6.75. The molecule has 0 N–H and O–H groups in total. The van der Waals surface area contributed by atoms with E-state index in [2.05, 4.69) is 4.98 Å². The Bertz CT molecular complexity index is 1020. The van der Waals surface area contributed by atoms with E-state index in [-0.39, 0.29) is 12.0 Å². The fraction of sp³-hybridized carbons (Fsp3) is 0.231. The fourth-order valence-electron chi connectivity index (χ4n) is 3.51. The van der Waals surface area contributed by atoms with E-state index in [0.717, 1.165) is 16.8 Å². The molecule has 1 amide bonds. The van der Waals surface area contributed by atoms with Crippen LogP contribution < -0.4 is 4.74 Å². The molecule has 2 aromatic carbocycles. The molecular formula is C26H26N2O3. The average molecular weight is 415 g/mol. The summed E-state index contributed by atoms with van der Waals surface area (Å²) in [6.45, 7) is 3.83. The van der Waals surface area contributed by atoms with Crippen LogP contribution in [0.5, 0.6) is 5.75 Å². The number of rotatable bonds is 6. The van der Waals surface area contributed by atoms with Crippen molar-refractivity contribution in [1.82, 2.24) is 9.88 Å². The molecule has 5 heteroatoms. The van der Waals surface area contributed by atoms with Crippen LogP contribution in [0.2, 0.25) is 0 Å². The van der Waals surface area contributed by atoms with Crippen molar-refractivity contribution in [2.75, 3.05) is 26.3 Å². The molecule has 0 aliphatic carbocycles. The van der Waals surface area contributed by atoms with Crippen molar-refractivity contribution in [3.05, 3.63) is 95.8 Å². The van der Waals surface area contributed by atoms with Gasteiger partial charge in [0.1, 0.15) is 18.5 Å². The van der Waals surface area contributed by atoms with Gasteiger partial charge in [0, 0.05) is 17.8 Å². The molecule has 0 saturated carbocycles. The number of carbonyl (C=O) groups is 1. The summed E-state index contributed by atoms with van der Waals surface area (Å²) < 4.78 is 11.7. The third kappa shape index (κ3) is 5.58. The highest BCUT2D eigenvalue weighted by molar-refractivity contribution is 6.24. The quantitative estimate of drug-likeness (QED) is 0.447. The van der Waals surface area contributed by atoms with Crippen LogP contribution in [-0.2, 0) is 9.53 Å². The summed E-state index contributed by atoms with van der Waals surface area (Å²) in [6.07, 6.45) is 3.47. The topological polar surface area (TPSA) is 51.7 Å². The van der Waals surface area contributed by atoms with Gasteiger partial charge in [0.25, 0.3) is 5.91 Å². The smallest absolute Gasteiger partial charge is 0.254 e. The number of aryl methyl sites for hydroxylation is 1. The zero-order valence-corrected chi connectivity index (χ0v) is 17.6. The van der Waals surface area contributed by atoms with Gasteiger partial charge in [0.15, 0.2) is 0 Å². The molecule has 0 spiro atoms. The number of carbonyl (C=O) groups excluding carboxylic acids is 1. The molecule has 4 rings (SSSR count). The summed E-state index contributed by atoms with van der Waals surface area (Å²) in [5.41, 5.74) is 3.52. The van der Waals surface area contributed by atoms with Crippen LogP contribution in [0.1, 0.15) is 16.8 Å². The van der Waals surface area contributed by atoms with E-state index in [1.807, 2.05) is 90.7 Å². The lowest BCUT2D eigenvalue weighted by Gasteiger charge is -2.33. The molecule has 1 unspecified atom stereocenters. The first-order chi connectivity index (χ1) is 15.2. The molecule has 31 heavy (non-hydrogen) atoms. The molecule has 5 nitrogen and oxygen atoms in total. The molecule has 3 aromatic rings. The van der Waals surface area contributed by atoms with E-state index in [1.54, 1.807) is 6.20 Å². The van der Waals surface area contributed by atoms with Crippen molar-refractivity contribution >= 4 is 17.6 Å². The molecule has 1 saturated heterocycles. The molecule has 1 atom stereocenters. The summed E-state index contributed by atoms with van der Waals surface area (Å²) in [5.74, 6) is 0.701. The third-order valence-corrected chi connectivity index (χ3v) is 5.17. The summed E-state index contributed by atoms with van der Waals surface area (Å²) in [4.78, 5) is 19.6. The van der Waals surface area contributed by atoms with Gasteiger partial charge in [0.05, 0.1) is 19.3 Å². The molecular weight excluding hydrogens is 388 g/mol. The van der Waals surface area contributed by atoms with E-state index < -0.39 is 0 Å². The Hall–Kier alpha value is -3.44. The first-order valence-corrected chi connectivity index (χ1v) is 10.5. The Morgan fingerprint density at radius 3 is 2.55 bits per heavy atom. The molecule has 0 radical (unpaired) electrons. The van der Waals surface area contributed by atoms with Crippen molar-refractivity contribution in [1.29, 1.82) is 0 Å². The van der Waals surface area contributed by atoms with Crippen LogP contribution in [0, 0.1) is 6.92 Å². The highest BCUT2D eigenvalue weighted by Crippen LogP contribution is 2.22. The number of hydrogen-bond acceptors (Lipinski definition) is 4. The van der Waals surface area contributed by atoms with E-state index in [9.17, 15) is 4.79 Å². The van der Waals surface area contributed by atoms with Gasteiger partial charge in [-0.15, -0.1) is 0 Å². The Balaban J connectivity index is 1.48. The maximum absolute atomic E-state index is 13.5. The largest absolute Gasteiger partial charge is 0.489 e. The van der Waals surface area contributed by atoms with Crippen LogP contribution in [0.15, 0.2) is 79.0 Å². The molecule has 1 fully saturated rings. The van der Waals surface area contributed by atoms with Crippen LogP contribution in [0.4, 0.5) is 0 Å². The Morgan fingerprint density at radius 2 is 1.84 bits per heavy atom. The van der Waals surface area contributed by atoms with Gasteiger partial charge in [-0.3, -0.25) is 9.78 Å². The number of morpholine rings is 1. The van der Waals surface area contributed by atoms with Crippen LogP contribution in [-0.4, -0.2) is 48.2 Å². The zero-order chi connectivity index (χ0) is 21.5. The number of amides is 1. The third-order valence-electron chi connectivity index (χ3n) is 5.17. The van der Waals surface area contributed by atoms with Gasteiger partial charge < -0.3 is 14.4 Å². The summed E-state index contributed by atoms with van der Waals surface area (Å²) >= 11 is 0. The van der Waals surface area contributed by atoms with E-state index in [1.165, 1.54) is 0 Å². The first kappa shape index (κ1) is 20.8. The van der Waals surface area contributed by atoms with E-state index >= 15 is 0 Å². The minimum atomic E-state index is -0.187. The number of aromatic nitrogens is 1. The van der Waals surface area contributed by atoms with Crippen molar-refractivity contribution < 1.29 is 14.3 Å². The number of ether oxygens (including phenoxy) is 2. The van der Waals surface area contributed by atoms with Crippen molar-refractivity contribution in [3.63, 3.8) is 0 Å². The van der Waals surface area contributed by atoms with Gasteiger partial charge >= 0.3 is 0 Å². The molecule has 1 aliphatic heterocycles. The second kappa shape index (κ2) is 10.0. The molecule has 0 bridgehead atoms. The number of pyridine rings is 1. The monoisotopic (exact) mass is 414 g/mol. The second-order valence-corrected chi connectivity index (χ2v) is 7.52. The lowest BCUT2D eigenvalue weighted by atomic mass is 10.0. The maximum Gasteiger partial charge on any atom is 0.254 e. The van der Waals surface area contributed by atoms with Gasteiger partial charge in [-0.05, 0) is 36.3 Å². The second-order valence-electron chi connectivity index (χ2n) is 7.52. The first-order valence-electron chi connectivity index (χ1n) is 10.5. The minimum absolute atomic E-state index is 0.000329. The summed E-state index contributed by atoms with van der Waals surface area (Å²) in [6, 6.07) is 23.5. The van der Waals surface area contributed by atoms with Crippen molar-refractivity contribution in [2.45, 2.75) is 13.0 Å². The predicted molar refractivity (Wildman–Crippen MR) is 122 cm³/mol. The Labute approximate surface area is 183 Å². The van der Waals surface area contributed by atoms with Crippen LogP contribution >= 0.6 is 0 Å². The molecule has 158 valence electrons. The van der Waals surface area contributed by atoms with Crippen molar-refractivity contribution in [2.24, 2.45) is 0 Å². The lowest BCUT2D eigenvalue weighted by Crippen LogP contribution is -2.47. The highest BCUT2D eigenvalue weighted by Gasteiger charge is 2.27. The van der Waals surface area contributed by atoms with Gasteiger partial charge in [-0.1, -0.05) is 60.7 Å².